The molecule has 0 unspecified atom stereocenters. The number of piperidine rings is 1. The molecule has 2 aromatic carbocycles. The topological polar surface area (TPSA) is 70.2 Å². The third kappa shape index (κ3) is 4.94. The molecule has 1 aliphatic heterocycles. The Hall–Kier alpha value is -3.42. The number of H-pyrrole nitrogens is 1. The van der Waals surface area contributed by atoms with E-state index >= 15 is 0 Å². The zero-order valence-corrected chi connectivity index (χ0v) is 16.3. The fraction of sp³-hybridized carbons (Fsp3) is 0.273. The van der Waals surface area contributed by atoms with E-state index in [-0.39, 0.29) is 30.2 Å². The van der Waals surface area contributed by atoms with Crippen molar-refractivity contribution in [3.8, 4) is 17.0 Å². The molecule has 30 heavy (non-hydrogen) atoms. The third-order valence-electron chi connectivity index (χ3n) is 5.01. The van der Waals surface area contributed by atoms with Crippen LogP contribution in [0, 0.1) is 11.6 Å². The SMILES string of the molecule is O=C(COc1ccc(F)cc1)N[C@H]1CCCN(c2cc(-c3ccc(F)cc3)[nH]n2)C1. The summed E-state index contributed by atoms with van der Waals surface area (Å²) in [4.78, 5) is 14.3. The molecule has 0 aliphatic carbocycles. The summed E-state index contributed by atoms with van der Waals surface area (Å²) in [5.74, 6) is 0.379. The van der Waals surface area contributed by atoms with Gasteiger partial charge >= 0.3 is 0 Å². The van der Waals surface area contributed by atoms with Gasteiger partial charge in [-0.25, -0.2) is 8.78 Å². The van der Waals surface area contributed by atoms with Crippen molar-refractivity contribution in [1.29, 1.82) is 0 Å². The first-order valence-corrected chi connectivity index (χ1v) is 9.81. The van der Waals surface area contributed by atoms with E-state index in [0.717, 1.165) is 36.5 Å². The molecule has 4 rings (SSSR count). The Morgan fingerprint density at radius 2 is 1.83 bits per heavy atom. The minimum Gasteiger partial charge on any atom is -0.484 e. The van der Waals surface area contributed by atoms with Crippen molar-refractivity contribution in [2.24, 2.45) is 0 Å². The summed E-state index contributed by atoms with van der Waals surface area (Å²) in [6.45, 7) is 1.35. The van der Waals surface area contributed by atoms with Gasteiger partial charge in [-0.05, 0) is 66.9 Å². The number of rotatable bonds is 6. The van der Waals surface area contributed by atoms with E-state index < -0.39 is 0 Å². The molecular weight excluding hydrogens is 390 g/mol. The van der Waals surface area contributed by atoms with Crippen molar-refractivity contribution in [1.82, 2.24) is 15.5 Å². The molecule has 8 heteroatoms. The Labute approximate surface area is 172 Å². The van der Waals surface area contributed by atoms with E-state index in [2.05, 4.69) is 20.4 Å². The number of benzene rings is 2. The Balaban J connectivity index is 1.31. The Bertz CT molecular complexity index is 989. The lowest BCUT2D eigenvalue weighted by molar-refractivity contribution is -0.123. The predicted octanol–water partition coefficient (Wildman–Crippen LogP) is 3.52. The number of hydrogen-bond donors (Lipinski definition) is 2. The molecule has 1 aliphatic rings. The zero-order chi connectivity index (χ0) is 20.9. The second kappa shape index (κ2) is 8.94. The average Bonchev–Trinajstić information content (AvgIpc) is 3.24. The second-order valence-electron chi connectivity index (χ2n) is 7.24. The average molecular weight is 412 g/mol. The van der Waals surface area contributed by atoms with Crippen LogP contribution in [0.15, 0.2) is 54.6 Å². The standard InChI is InChI=1S/C22H22F2N4O2/c23-16-5-3-15(4-6-16)20-12-21(27-26-20)28-11-1-2-18(13-28)25-22(29)14-30-19-9-7-17(24)8-10-19/h3-10,12,18H,1-2,11,13-14H2,(H,25,29)(H,26,27)/t18-/m0/s1. The normalized spacial score (nSPS) is 16.3. The van der Waals surface area contributed by atoms with Gasteiger partial charge in [0.2, 0.25) is 0 Å². The van der Waals surface area contributed by atoms with Crippen LogP contribution in [0.25, 0.3) is 11.3 Å². The number of anilines is 1. The molecule has 2 heterocycles. The molecule has 0 radical (unpaired) electrons. The first-order valence-electron chi connectivity index (χ1n) is 9.81. The van der Waals surface area contributed by atoms with Gasteiger partial charge in [0.1, 0.15) is 17.4 Å². The van der Waals surface area contributed by atoms with Gasteiger partial charge in [-0.3, -0.25) is 9.89 Å². The molecule has 6 nitrogen and oxygen atoms in total. The molecule has 0 spiro atoms. The molecule has 0 saturated carbocycles. The maximum Gasteiger partial charge on any atom is 0.258 e. The number of nitrogens with zero attached hydrogens (tertiary/aromatic N) is 2. The number of hydrogen-bond acceptors (Lipinski definition) is 4. The van der Waals surface area contributed by atoms with E-state index in [4.69, 9.17) is 4.74 Å². The highest BCUT2D eigenvalue weighted by molar-refractivity contribution is 5.78. The summed E-state index contributed by atoms with van der Waals surface area (Å²) in [5.41, 5.74) is 1.67. The van der Waals surface area contributed by atoms with Crippen LogP contribution in [-0.4, -0.2) is 41.8 Å². The number of carbonyl (C=O) groups is 1. The minimum absolute atomic E-state index is 0.0194. The van der Waals surface area contributed by atoms with E-state index in [1.54, 1.807) is 12.1 Å². The number of halogens is 2. The highest BCUT2D eigenvalue weighted by Gasteiger charge is 2.23. The molecule has 1 saturated heterocycles. The van der Waals surface area contributed by atoms with Gasteiger partial charge < -0.3 is 15.0 Å². The fourth-order valence-corrected chi connectivity index (χ4v) is 3.50. The van der Waals surface area contributed by atoms with Crippen LogP contribution in [0.1, 0.15) is 12.8 Å². The Morgan fingerprint density at radius 1 is 1.13 bits per heavy atom. The number of nitrogens with one attached hydrogen (secondary N) is 2. The van der Waals surface area contributed by atoms with Crippen molar-refractivity contribution in [3.05, 3.63) is 66.2 Å². The van der Waals surface area contributed by atoms with Gasteiger partial charge in [0.15, 0.2) is 12.4 Å². The van der Waals surface area contributed by atoms with Crippen LogP contribution in [0.4, 0.5) is 14.6 Å². The van der Waals surface area contributed by atoms with Gasteiger partial charge in [-0.2, -0.15) is 5.10 Å². The van der Waals surface area contributed by atoms with Gasteiger partial charge in [-0.15, -0.1) is 0 Å². The van der Waals surface area contributed by atoms with Gasteiger partial charge in [0, 0.05) is 25.2 Å². The summed E-state index contributed by atoms with van der Waals surface area (Å²) in [7, 11) is 0. The van der Waals surface area contributed by atoms with Crippen molar-refractivity contribution in [2.75, 3.05) is 24.6 Å². The summed E-state index contributed by atoms with van der Waals surface area (Å²) in [5, 5.41) is 10.3. The highest BCUT2D eigenvalue weighted by atomic mass is 19.1. The minimum atomic E-state index is -0.352. The van der Waals surface area contributed by atoms with E-state index in [9.17, 15) is 13.6 Å². The maximum absolute atomic E-state index is 13.1. The molecular formula is C22H22F2N4O2. The number of aromatic amines is 1. The molecule has 156 valence electrons. The maximum atomic E-state index is 13.1. The lowest BCUT2D eigenvalue weighted by atomic mass is 10.1. The summed E-state index contributed by atoms with van der Waals surface area (Å²) >= 11 is 0. The largest absolute Gasteiger partial charge is 0.484 e. The second-order valence-corrected chi connectivity index (χ2v) is 7.24. The smallest absolute Gasteiger partial charge is 0.258 e. The fourth-order valence-electron chi connectivity index (χ4n) is 3.50. The van der Waals surface area contributed by atoms with Crippen molar-refractivity contribution in [2.45, 2.75) is 18.9 Å². The van der Waals surface area contributed by atoms with Crippen molar-refractivity contribution >= 4 is 11.7 Å². The Kier molecular flexibility index (Phi) is 5.92. The summed E-state index contributed by atoms with van der Waals surface area (Å²) in [6, 6.07) is 13.7. The van der Waals surface area contributed by atoms with Crippen LogP contribution in [-0.2, 0) is 4.79 Å². The molecule has 1 fully saturated rings. The monoisotopic (exact) mass is 412 g/mol. The van der Waals surface area contributed by atoms with Crippen LogP contribution < -0.4 is 15.0 Å². The number of aromatic nitrogens is 2. The van der Waals surface area contributed by atoms with E-state index in [1.165, 1.54) is 36.4 Å². The van der Waals surface area contributed by atoms with Crippen LogP contribution in [0.2, 0.25) is 0 Å². The highest BCUT2D eigenvalue weighted by Crippen LogP contribution is 2.24. The van der Waals surface area contributed by atoms with Crippen molar-refractivity contribution < 1.29 is 18.3 Å². The number of amides is 1. The molecule has 3 aromatic rings. The van der Waals surface area contributed by atoms with Crippen molar-refractivity contribution in [3.63, 3.8) is 0 Å². The predicted molar refractivity (Wildman–Crippen MR) is 109 cm³/mol. The van der Waals surface area contributed by atoms with Crippen LogP contribution in [0.3, 0.4) is 0 Å². The quantitative estimate of drug-likeness (QED) is 0.650. The molecule has 0 bridgehead atoms. The lowest BCUT2D eigenvalue weighted by Crippen LogP contribution is -2.49. The molecule has 1 atom stereocenters. The van der Waals surface area contributed by atoms with Gasteiger partial charge in [-0.1, -0.05) is 0 Å². The van der Waals surface area contributed by atoms with Crippen LogP contribution >= 0.6 is 0 Å². The number of ether oxygens (including phenoxy) is 1. The summed E-state index contributed by atoms with van der Waals surface area (Å²) in [6.07, 6.45) is 1.79. The number of carbonyl (C=O) groups excluding carboxylic acids is 1. The van der Waals surface area contributed by atoms with E-state index in [1.807, 2.05) is 6.07 Å². The first-order chi connectivity index (χ1) is 14.6. The first kappa shape index (κ1) is 19.9. The molecule has 1 amide bonds. The van der Waals surface area contributed by atoms with Crippen LogP contribution in [0.5, 0.6) is 5.75 Å². The van der Waals surface area contributed by atoms with E-state index in [0.29, 0.717) is 12.3 Å². The lowest BCUT2D eigenvalue weighted by Gasteiger charge is -2.33. The third-order valence-corrected chi connectivity index (χ3v) is 5.01. The van der Waals surface area contributed by atoms with Gasteiger partial charge in [0.05, 0.1) is 5.69 Å². The molecule has 1 aromatic heterocycles. The zero-order valence-electron chi connectivity index (χ0n) is 16.3. The summed E-state index contributed by atoms with van der Waals surface area (Å²) < 4.78 is 31.4. The Morgan fingerprint density at radius 3 is 2.57 bits per heavy atom. The van der Waals surface area contributed by atoms with Gasteiger partial charge in [0.25, 0.3) is 5.91 Å². The molecule has 2 N–H and O–H groups in total.